The van der Waals surface area contributed by atoms with Crippen molar-refractivity contribution in [3.8, 4) is 0 Å². The second kappa shape index (κ2) is 530. The first-order chi connectivity index (χ1) is 0. The Kier molecular flexibility index (Phi) is 26700. The maximum absolute atomic E-state index is 0. The van der Waals surface area contributed by atoms with Crippen molar-refractivity contribution >= 4 is 24.8 Å². The van der Waals surface area contributed by atoms with Crippen LogP contribution in [0.4, 0.5) is 0 Å². The van der Waals surface area contributed by atoms with Gasteiger partial charge in [0.25, 0.3) is 0 Å². The van der Waals surface area contributed by atoms with E-state index in [0.717, 1.165) is 0 Å². The van der Waals surface area contributed by atoms with Crippen LogP contribution in [0.3, 0.4) is 0 Å². The fourth-order valence-electron chi connectivity index (χ4n) is 0. The molecule has 0 heterocycles. The summed E-state index contributed by atoms with van der Waals surface area (Å²) < 4.78 is 0. The van der Waals surface area contributed by atoms with Gasteiger partial charge >= 0.3 is 0 Å². The predicted octanol–water partition coefficient (Wildman–Crippen LogP) is -16.1. The molecule has 0 bridgehead atoms. The molecular weight excluding hydrogens is 501 g/mol. The molecule has 0 aromatic carbocycles. The van der Waals surface area contributed by atoms with Gasteiger partial charge in [0.05, 0.1) is 0 Å². The summed E-state index contributed by atoms with van der Waals surface area (Å²) in [6.07, 6.45) is 0. The van der Waals surface area contributed by atoms with Crippen LogP contribution in [0.15, 0.2) is 0 Å². The molecule has 1 radical (unpaired) electrons. The molecule has 0 saturated carbocycles. The average molecular weight is 515 g/mol. The van der Waals surface area contributed by atoms with Crippen LogP contribution >= 0.6 is 24.8 Å². The predicted molar refractivity (Wildman–Crippen MR) is 36.2 cm³/mol. The molecule has 0 aliphatic heterocycles. The van der Waals surface area contributed by atoms with Crippen LogP contribution in [-0.2, 0) is 20.1 Å². The van der Waals surface area contributed by atoms with Gasteiger partial charge in [-0.3, -0.25) is 0 Å². The summed E-state index contributed by atoms with van der Waals surface area (Å²) in [5.74, 6) is 0. The van der Waals surface area contributed by atoms with Crippen molar-refractivity contribution in [3.05, 3.63) is 0 Å². The first kappa shape index (κ1) is 657. The van der Waals surface area contributed by atoms with Gasteiger partial charge in [-0.25, -0.2) is 0 Å². The molecule has 0 aromatic heterocycles. The van der Waals surface area contributed by atoms with E-state index in [1.165, 1.54) is 0 Å². The average Bonchev–Trinajstić information content (AvgIpc) is 0. The minimum absolute atomic E-state index is 0. The Hall–Kier alpha value is 2.15. The topological polar surface area (TPSA) is 189 Å². The standard InChI is InChI=1S/6ClH.Ir.6H2O/h6*1H;;6*1H2/p-4. The van der Waals surface area contributed by atoms with Crippen LogP contribution in [0.25, 0.3) is 0 Å². The van der Waals surface area contributed by atoms with Crippen LogP contribution in [0.5, 0.6) is 0 Å². The third kappa shape index (κ3) is 452. The Bertz CT molecular complexity index is 17.1. The van der Waals surface area contributed by atoms with Gasteiger partial charge in [-0.1, -0.05) is 0 Å². The number of hydrogen-bond donors (Lipinski definition) is 0. The van der Waals surface area contributed by atoms with Crippen molar-refractivity contribution in [3.63, 3.8) is 0 Å². The molecule has 0 fully saturated rings. The van der Waals surface area contributed by atoms with Crippen LogP contribution in [0.2, 0.25) is 0 Å². The Morgan fingerprint density at radius 2 is 0.308 bits per heavy atom. The molecule has 0 unspecified atom stereocenters. The molecule has 0 saturated heterocycles. The molecule has 13 heteroatoms. The van der Waals surface area contributed by atoms with Crippen molar-refractivity contribution in [1.82, 2.24) is 0 Å². The van der Waals surface area contributed by atoms with Crippen molar-refractivity contribution < 1.29 is 103 Å². The zero-order chi connectivity index (χ0) is 0. The van der Waals surface area contributed by atoms with Gasteiger partial charge < -0.3 is 82.5 Å². The van der Waals surface area contributed by atoms with Gasteiger partial charge in [0, 0.05) is 20.1 Å². The van der Waals surface area contributed by atoms with E-state index in [2.05, 4.69) is 0 Å². The van der Waals surface area contributed by atoms with Gasteiger partial charge in [-0.2, -0.15) is 0 Å². The van der Waals surface area contributed by atoms with Crippen molar-refractivity contribution in [2.24, 2.45) is 0 Å². The molecule has 0 spiro atoms. The SMILES string of the molecule is Cl.Cl.O.O.O.O.O.O.[Cl-].[Cl-].[Cl-].[Cl-].[Ir]. The van der Waals surface area contributed by atoms with E-state index in [0.29, 0.717) is 0 Å². The van der Waals surface area contributed by atoms with E-state index >= 15 is 0 Å². The number of rotatable bonds is 0. The van der Waals surface area contributed by atoms with E-state index in [1.807, 2.05) is 0 Å². The molecule has 6 nitrogen and oxygen atoms in total. The number of halogens is 6. The molecule has 0 amide bonds. The van der Waals surface area contributed by atoms with E-state index < -0.39 is 0 Å². The number of hydrogen-bond acceptors (Lipinski definition) is 0. The van der Waals surface area contributed by atoms with Gasteiger partial charge in [0.15, 0.2) is 0 Å². The third-order valence-corrected chi connectivity index (χ3v) is 0. The Morgan fingerprint density at radius 1 is 0.308 bits per heavy atom. The third-order valence-electron chi connectivity index (χ3n) is 0. The molecule has 0 aromatic rings. The Labute approximate surface area is 127 Å². The zero-order valence-corrected chi connectivity index (χ0v) is 12.7. The molecule has 0 aliphatic carbocycles. The molecule has 105 valence electrons. The van der Waals surface area contributed by atoms with Gasteiger partial charge in [-0.15, -0.1) is 24.8 Å². The first-order valence-corrected chi connectivity index (χ1v) is 0. The monoisotopic (exact) mass is 513 g/mol. The fourth-order valence-corrected chi connectivity index (χ4v) is 0. The molecule has 0 atom stereocenters. The summed E-state index contributed by atoms with van der Waals surface area (Å²) in [5.41, 5.74) is 0. The maximum Gasteiger partial charge on any atom is 0 e. The Balaban J connectivity index is 0. The molecule has 13 heavy (non-hydrogen) atoms. The van der Waals surface area contributed by atoms with Gasteiger partial charge in [0.1, 0.15) is 0 Å². The van der Waals surface area contributed by atoms with Crippen molar-refractivity contribution in [1.29, 1.82) is 0 Å². The van der Waals surface area contributed by atoms with E-state index in [4.69, 9.17) is 0 Å². The van der Waals surface area contributed by atoms with Gasteiger partial charge in [0.2, 0.25) is 0 Å². The summed E-state index contributed by atoms with van der Waals surface area (Å²) in [5, 5.41) is 0. The fraction of sp³-hybridized carbons (Fsp3) is 0. The summed E-state index contributed by atoms with van der Waals surface area (Å²) in [7, 11) is 0. The second-order valence-electron chi connectivity index (χ2n) is 0. The minimum Gasteiger partial charge on any atom is -1.00 e. The zero-order valence-electron chi connectivity index (χ0n) is 5.66. The van der Waals surface area contributed by atoms with Crippen LogP contribution in [0, 0.1) is 0 Å². The maximum atomic E-state index is 0. The summed E-state index contributed by atoms with van der Waals surface area (Å²) in [6.45, 7) is 0. The van der Waals surface area contributed by atoms with E-state index in [-0.39, 0.29) is 127 Å². The normalized spacial score (nSPS) is 0. The van der Waals surface area contributed by atoms with E-state index in [9.17, 15) is 0 Å². The van der Waals surface area contributed by atoms with Crippen molar-refractivity contribution in [2.45, 2.75) is 0 Å². The van der Waals surface area contributed by atoms with E-state index in [1.54, 1.807) is 0 Å². The largest absolute Gasteiger partial charge is 1.00 e. The van der Waals surface area contributed by atoms with Crippen LogP contribution in [-0.4, -0.2) is 32.9 Å². The smallest absolute Gasteiger partial charge is 0 e. The molecule has 12 N–H and O–H groups in total. The summed E-state index contributed by atoms with van der Waals surface area (Å²) in [6, 6.07) is 0. The Morgan fingerprint density at radius 3 is 0.308 bits per heavy atom. The quantitative estimate of drug-likeness (QED) is 0.297. The van der Waals surface area contributed by atoms with Crippen molar-refractivity contribution in [2.75, 3.05) is 0 Å². The summed E-state index contributed by atoms with van der Waals surface area (Å²) in [4.78, 5) is 0. The molecule has 0 rings (SSSR count). The second-order valence-corrected chi connectivity index (χ2v) is 0. The van der Waals surface area contributed by atoms with Crippen LogP contribution in [0.1, 0.15) is 0 Å². The van der Waals surface area contributed by atoms with Crippen LogP contribution < -0.4 is 49.6 Å². The molecule has 0 aliphatic rings. The van der Waals surface area contributed by atoms with Gasteiger partial charge in [-0.05, 0) is 0 Å². The first-order valence-electron chi connectivity index (χ1n) is 0. The minimum atomic E-state index is 0. The molecular formula is H14Cl6IrO6-4. The summed E-state index contributed by atoms with van der Waals surface area (Å²) >= 11 is 0.